The van der Waals surface area contributed by atoms with Crippen molar-refractivity contribution >= 4 is 17.3 Å². The highest BCUT2D eigenvalue weighted by Crippen LogP contribution is 2.27. The highest BCUT2D eigenvalue weighted by atomic mass is 16.6. The first-order chi connectivity index (χ1) is 12.3. The van der Waals surface area contributed by atoms with Gasteiger partial charge >= 0.3 is 5.97 Å². The zero-order valence-corrected chi connectivity index (χ0v) is 14.3. The lowest BCUT2D eigenvalue weighted by Crippen LogP contribution is -2.22. The van der Waals surface area contributed by atoms with E-state index < -0.39 is 33.3 Å². The fourth-order valence-electron chi connectivity index (χ4n) is 2.78. The van der Waals surface area contributed by atoms with Gasteiger partial charge in [-0.25, -0.2) is 4.79 Å². The van der Waals surface area contributed by atoms with Crippen LogP contribution in [0.3, 0.4) is 0 Å². The minimum atomic E-state index is -0.835. The Kier molecular flexibility index (Phi) is 6.00. The van der Waals surface area contributed by atoms with E-state index in [0.29, 0.717) is 6.42 Å². The third-order valence-electron chi connectivity index (χ3n) is 4.09. The largest absolute Gasteiger partial charge is 0.458 e. The molecule has 2 atom stereocenters. The Morgan fingerprint density at radius 3 is 2.04 bits per heavy atom. The molecule has 0 unspecified atom stereocenters. The highest BCUT2D eigenvalue weighted by molar-refractivity contribution is 5.91. The molecule has 0 amide bonds. The second-order valence-corrected chi connectivity index (χ2v) is 5.79. The molecule has 0 aliphatic rings. The predicted molar refractivity (Wildman–Crippen MR) is 94.1 cm³/mol. The van der Waals surface area contributed by atoms with Gasteiger partial charge in [-0.1, -0.05) is 37.3 Å². The molecular formula is C18H18N2O6. The lowest BCUT2D eigenvalue weighted by molar-refractivity contribution is -0.394. The van der Waals surface area contributed by atoms with E-state index in [9.17, 15) is 25.0 Å². The molecule has 0 bridgehead atoms. The zero-order valence-electron chi connectivity index (χ0n) is 14.3. The lowest BCUT2D eigenvalue weighted by atomic mass is 9.92. The van der Waals surface area contributed by atoms with Gasteiger partial charge < -0.3 is 4.74 Å². The topological polar surface area (TPSA) is 113 Å². The number of carbonyl (C=O) groups excluding carboxylic acids is 1. The van der Waals surface area contributed by atoms with Crippen molar-refractivity contribution in [1.29, 1.82) is 0 Å². The molecule has 8 nitrogen and oxygen atoms in total. The molecule has 0 saturated heterocycles. The van der Waals surface area contributed by atoms with E-state index in [1.165, 1.54) is 0 Å². The molecule has 0 radical (unpaired) electrons. The minimum Gasteiger partial charge on any atom is -0.458 e. The van der Waals surface area contributed by atoms with Gasteiger partial charge in [-0.3, -0.25) is 20.2 Å². The number of rotatable bonds is 7. The summed E-state index contributed by atoms with van der Waals surface area (Å²) in [6.07, 6.45) is 0.210. The molecular weight excluding hydrogens is 340 g/mol. The predicted octanol–water partition coefficient (Wildman–Crippen LogP) is 4.24. The van der Waals surface area contributed by atoms with Crippen LogP contribution in [0.2, 0.25) is 0 Å². The summed E-state index contributed by atoms with van der Waals surface area (Å²) in [5.74, 6) is -0.896. The van der Waals surface area contributed by atoms with Gasteiger partial charge in [0, 0.05) is 18.1 Å². The molecule has 0 spiro atoms. The van der Waals surface area contributed by atoms with Gasteiger partial charge in [-0.2, -0.15) is 0 Å². The summed E-state index contributed by atoms with van der Waals surface area (Å²) in [5, 5.41) is 21.9. The first kappa shape index (κ1) is 19.0. The van der Waals surface area contributed by atoms with Crippen molar-refractivity contribution in [3.63, 3.8) is 0 Å². The number of hydrogen-bond donors (Lipinski definition) is 0. The molecule has 0 N–H and O–H groups in total. The molecule has 0 aromatic heterocycles. The van der Waals surface area contributed by atoms with E-state index in [2.05, 4.69) is 0 Å². The summed E-state index contributed by atoms with van der Waals surface area (Å²) < 4.78 is 5.43. The fraction of sp³-hybridized carbons (Fsp3) is 0.278. The van der Waals surface area contributed by atoms with Crippen LogP contribution < -0.4 is 0 Å². The van der Waals surface area contributed by atoms with E-state index in [-0.39, 0.29) is 11.5 Å². The third-order valence-corrected chi connectivity index (χ3v) is 4.09. The minimum absolute atomic E-state index is 0.0613. The lowest BCUT2D eigenvalue weighted by Gasteiger charge is -2.23. The number of non-ortho nitro benzene ring substituents is 2. The second kappa shape index (κ2) is 8.19. The monoisotopic (exact) mass is 358 g/mol. The molecule has 0 heterocycles. The molecule has 2 aromatic rings. The van der Waals surface area contributed by atoms with Crippen LogP contribution in [-0.4, -0.2) is 21.9 Å². The Labute approximate surface area is 149 Å². The van der Waals surface area contributed by atoms with Gasteiger partial charge in [-0.05, 0) is 18.9 Å². The summed E-state index contributed by atoms with van der Waals surface area (Å²) in [6, 6.07) is 12.3. The molecule has 0 saturated carbocycles. The number of nitro groups is 2. The van der Waals surface area contributed by atoms with Crippen molar-refractivity contribution in [2.24, 2.45) is 0 Å². The van der Waals surface area contributed by atoms with Crippen LogP contribution in [0.5, 0.6) is 0 Å². The molecule has 136 valence electrons. The molecule has 0 aliphatic heterocycles. The average molecular weight is 358 g/mol. The molecule has 0 aliphatic carbocycles. The number of nitro benzene ring substituents is 2. The zero-order chi connectivity index (χ0) is 19.3. The van der Waals surface area contributed by atoms with Gasteiger partial charge in [0.15, 0.2) is 0 Å². The van der Waals surface area contributed by atoms with Crippen LogP contribution in [-0.2, 0) is 4.74 Å². The maximum absolute atomic E-state index is 12.4. The smallest absolute Gasteiger partial charge is 0.338 e. The summed E-state index contributed by atoms with van der Waals surface area (Å²) in [7, 11) is 0. The first-order valence-electron chi connectivity index (χ1n) is 8.03. The number of ether oxygens (including phenoxy) is 1. The molecule has 0 fully saturated rings. The number of carbonyl (C=O) groups is 1. The number of hydrogen-bond acceptors (Lipinski definition) is 6. The number of esters is 1. The van der Waals surface area contributed by atoms with Gasteiger partial charge in [0.1, 0.15) is 6.10 Å². The Balaban J connectivity index is 2.25. The maximum atomic E-state index is 12.4. The van der Waals surface area contributed by atoms with Gasteiger partial charge in [0.25, 0.3) is 11.4 Å². The van der Waals surface area contributed by atoms with Crippen molar-refractivity contribution in [2.75, 3.05) is 0 Å². The van der Waals surface area contributed by atoms with Crippen LogP contribution in [0.25, 0.3) is 0 Å². The average Bonchev–Trinajstić information content (AvgIpc) is 2.62. The van der Waals surface area contributed by atoms with Gasteiger partial charge in [0.05, 0.1) is 21.5 Å². The Bertz CT molecular complexity index is 789. The quantitative estimate of drug-likeness (QED) is 0.415. The SMILES string of the molecule is CC[C@@H](c1ccccc1)[C@@H](C)OC(=O)c1cc([N+](=O)[O-])cc([N+](=O)[O-])c1. The fourth-order valence-corrected chi connectivity index (χ4v) is 2.78. The summed E-state index contributed by atoms with van der Waals surface area (Å²) in [6.45, 7) is 3.69. The number of benzene rings is 2. The Morgan fingerprint density at radius 2 is 1.58 bits per heavy atom. The maximum Gasteiger partial charge on any atom is 0.338 e. The van der Waals surface area contributed by atoms with Gasteiger partial charge in [-0.15, -0.1) is 0 Å². The summed E-state index contributed by atoms with van der Waals surface area (Å²) in [5.41, 5.74) is -0.288. The van der Waals surface area contributed by atoms with Crippen LogP contribution in [0.15, 0.2) is 48.5 Å². The number of nitrogens with zero attached hydrogens (tertiary/aromatic N) is 2. The second-order valence-electron chi connectivity index (χ2n) is 5.79. The van der Waals surface area contributed by atoms with Crippen molar-refractivity contribution < 1.29 is 19.4 Å². The first-order valence-corrected chi connectivity index (χ1v) is 8.03. The van der Waals surface area contributed by atoms with Crippen molar-refractivity contribution in [3.8, 4) is 0 Å². The van der Waals surface area contributed by atoms with E-state index in [1.54, 1.807) is 6.92 Å². The summed E-state index contributed by atoms with van der Waals surface area (Å²) in [4.78, 5) is 32.7. The highest BCUT2D eigenvalue weighted by Gasteiger charge is 2.25. The van der Waals surface area contributed by atoms with Crippen LogP contribution >= 0.6 is 0 Å². The standard InChI is InChI=1S/C18H18N2O6/c1-3-17(13-7-5-4-6-8-13)12(2)26-18(21)14-9-15(19(22)23)11-16(10-14)20(24)25/h4-12,17H,3H2,1-2H3/t12-,17-/m1/s1. The normalized spacial score (nSPS) is 12.8. The van der Waals surface area contributed by atoms with Gasteiger partial charge in [0.2, 0.25) is 0 Å². The third kappa shape index (κ3) is 4.41. The van der Waals surface area contributed by atoms with Crippen LogP contribution in [0.4, 0.5) is 11.4 Å². The van der Waals surface area contributed by atoms with E-state index in [4.69, 9.17) is 4.74 Å². The van der Waals surface area contributed by atoms with Crippen LogP contribution in [0.1, 0.15) is 42.1 Å². The molecule has 8 heteroatoms. The van der Waals surface area contributed by atoms with Crippen LogP contribution in [0, 0.1) is 20.2 Å². The molecule has 2 aromatic carbocycles. The molecule has 26 heavy (non-hydrogen) atoms. The molecule has 2 rings (SSSR count). The summed E-state index contributed by atoms with van der Waals surface area (Å²) >= 11 is 0. The Morgan fingerprint density at radius 1 is 1.04 bits per heavy atom. The Hall–Kier alpha value is -3.29. The van der Waals surface area contributed by atoms with E-state index in [1.807, 2.05) is 37.3 Å². The van der Waals surface area contributed by atoms with Crippen molar-refractivity contribution in [1.82, 2.24) is 0 Å². The van der Waals surface area contributed by atoms with Crippen molar-refractivity contribution in [2.45, 2.75) is 32.3 Å². The van der Waals surface area contributed by atoms with Crippen molar-refractivity contribution in [3.05, 3.63) is 79.9 Å². The van der Waals surface area contributed by atoms with E-state index >= 15 is 0 Å². The van der Waals surface area contributed by atoms with E-state index in [0.717, 1.165) is 23.8 Å².